The summed E-state index contributed by atoms with van der Waals surface area (Å²) in [4.78, 5) is 12.6. The SMILES string of the molecule is CCCc1cc(-c2ccccc2)nnc1Nc1ccc(Oc2ncccc2-c2ccnc(N)n2)cc1. The van der Waals surface area contributed by atoms with E-state index in [2.05, 4.69) is 43.5 Å². The Morgan fingerprint density at radius 1 is 0.833 bits per heavy atom. The molecule has 3 N–H and O–H groups in total. The lowest BCUT2D eigenvalue weighted by Crippen LogP contribution is -2.02. The van der Waals surface area contributed by atoms with E-state index in [-0.39, 0.29) is 5.95 Å². The van der Waals surface area contributed by atoms with Crippen LogP contribution < -0.4 is 15.8 Å². The molecule has 0 aliphatic heterocycles. The Bertz CT molecular complexity index is 1460. The average molecular weight is 476 g/mol. The van der Waals surface area contributed by atoms with Gasteiger partial charge in [-0.25, -0.2) is 15.0 Å². The van der Waals surface area contributed by atoms with Crippen molar-refractivity contribution in [1.29, 1.82) is 0 Å². The fraction of sp³-hybridized carbons (Fsp3) is 0.107. The van der Waals surface area contributed by atoms with E-state index in [0.29, 0.717) is 17.3 Å². The number of nitrogens with two attached hydrogens (primary N) is 1. The van der Waals surface area contributed by atoms with Gasteiger partial charge in [-0.1, -0.05) is 43.7 Å². The van der Waals surface area contributed by atoms with Crippen LogP contribution in [0.2, 0.25) is 0 Å². The molecule has 0 radical (unpaired) electrons. The zero-order valence-corrected chi connectivity index (χ0v) is 19.8. The molecule has 0 aliphatic carbocycles. The lowest BCUT2D eigenvalue weighted by molar-refractivity contribution is 0.465. The molecule has 0 fully saturated rings. The minimum atomic E-state index is 0.195. The number of benzene rings is 2. The van der Waals surface area contributed by atoms with Crippen LogP contribution in [0.3, 0.4) is 0 Å². The van der Waals surface area contributed by atoms with E-state index < -0.39 is 0 Å². The number of nitrogens with zero attached hydrogens (tertiary/aromatic N) is 5. The van der Waals surface area contributed by atoms with Gasteiger partial charge in [-0.05, 0) is 60.5 Å². The molecule has 8 heteroatoms. The number of pyridine rings is 1. The molecular weight excluding hydrogens is 450 g/mol. The molecule has 0 atom stereocenters. The second kappa shape index (κ2) is 10.6. The molecular formula is C28H25N7O. The highest BCUT2D eigenvalue weighted by atomic mass is 16.5. The Hall–Kier alpha value is -4.85. The number of nitrogen functional groups attached to an aromatic ring is 1. The molecule has 0 aliphatic rings. The first kappa shape index (κ1) is 22.9. The maximum Gasteiger partial charge on any atom is 0.228 e. The van der Waals surface area contributed by atoms with Crippen molar-refractivity contribution in [2.75, 3.05) is 11.1 Å². The van der Waals surface area contributed by atoms with Gasteiger partial charge < -0.3 is 15.8 Å². The molecule has 8 nitrogen and oxygen atoms in total. The Morgan fingerprint density at radius 2 is 1.67 bits per heavy atom. The van der Waals surface area contributed by atoms with Crippen molar-refractivity contribution in [2.24, 2.45) is 0 Å². The molecule has 3 heterocycles. The summed E-state index contributed by atoms with van der Waals surface area (Å²) in [6.45, 7) is 2.15. The van der Waals surface area contributed by atoms with Gasteiger partial charge in [-0.2, -0.15) is 0 Å². The number of nitrogens with one attached hydrogen (secondary N) is 1. The highest BCUT2D eigenvalue weighted by Crippen LogP contribution is 2.31. The molecule has 36 heavy (non-hydrogen) atoms. The molecule has 0 spiro atoms. The summed E-state index contributed by atoms with van der Waals surface area (Å²) in [6, 6.07) is 25.3. The number of anilines is 3. The zero-order valence-electron chi connectivity index (χ0n) is 19.8. The van der Waals surface area contributed by atoms with E-state index in [4.69, 9.17) is 10.5 Å². The van der Waals surface area contributed by atoms with Crippen LogP contribution in [0.1, 0.15) is 18.9 Å². The summed E-state index contributed by atoms with van der Waals surface area (Å²) in [6.07, 6.45) is 5.18. The number of aryl methyl sites for hydroxylation is 1. The Balaban J connectivity index is 1.34. The van der Waals surface area contributed by atoms with Crippen molar-refractivity contribution in [2.45, 2.75) is 19.8 Å². The summed E-state index contributed by atoms with van der Waals surface area (Å²) in [5, 5.41) is 12.3. The lowest BCUT2D eigenvalue weighted by atomic mass is 10.1. The summed E-state index contributed by atoms with van der Waals surface area (Å²) in [7, 11) is 0. The van der Waals surface area contributed by atoms with E-state index in [1.54, 1.807) is 18.5 Å². The topological polar surface area (TPSA) is 112 Å². The molecule has 5 rings (SSSR count). The number of rotatable bonds is 8. The normalized spacial score (nSPS) is 10.7. The number of hydrogen-bond donors (Lipinski definition) is 2. The summed E-state index contributed by atoms with van der Waals surface area (Å²) in [5.41, 5.74) is 11.0. The average Bonchev–Trinajstić information content (AvgIpc) is 2.92. The van der Waals surface area contributed by atoms with Crippen LogP contribution in [0.25, 0.3) is 22.5 Å². The lowest BCUT2D eigenvalue weighted by Gasteiger charge is -2.13. The smallest absolute Gasteiger partial charge is 0.228 e. The molecule has 0 unspecified atom stereocenters. The van der Waals surface area contributed by atoms with E-state index in [1.165, 1.54) is 0 Å². The van der Waals surface area contributed by atoms with Crippen LogP contribution in [-0.2, 0) is 6.42 Å². The monoisotopic (exact) mass is 475 g/mol. The molecule has 3 aromatic heterocycles. The molecule has 0 saturated carbocycles. The highest BCUT2D eigenvalue weighted by molar-refractivity contribution is 5.67. The Kier molecular flexibility index (Phi) is 6.75. The third-order valence-electron chi connectivity index (χ3n) is 5.51. The third kappa shape index (κ3) is 5.28. The minimum Gasteiger partial charge on any atom is -0.438 e. The highest BCUT2D eigenvalue weighted by Gasteiger charge is 2.12. The standard InChI is InChI=1S/C28H25N7O/c1-2-7-20-18-25(19-8-4-3-5-9-19)34-35-26(20)32-21-11-13-22(14-12-21)36-27-23(10-6-16-30-27)24-15-17-31-28(29)33-24/h3-6,8-18H,2,7H2,1H3,(H,32,35)(H2,29,31,33). The first-order valence-electron chi connectivity index (χ1n) is 11.7. The van der Waals surface area contributed by atoms with Gasteiger partial charge in [0.2, 0.25) is 11.8 Å². The number of hydrogen-bond acceptors (Lipinski definition) is 8. The van der Waals surface area contributed by atoms with Crippen LogP contribution in [0.5, 0.6) is 11.6 Å². The number of ether oxygens (including phenoxy) is 1. The van der Waals surface area contributed by atoms with Crippen molar-refractivity contribution in [3.8, 4) is 34.1 Å². The van der Waals surface area contributed by atoms with Gasteiger partial charge in [-0.3, -0.25) is 0 Å². The van der Waals surface area contributed by atoms with Gasteiger partial charge in [0.25, 0.3) is 0 Å². The van der Waals surface area contributed by atoms with E-state index >= 15 is 0 Å². The summed E-state index contributed by atoms with van der Waals surface area (Å²) >= 11 is 0. The van der Waals surface area contributed by atoms with E-state index in [0.717, 1.165) is 46.7 Å². The van der Waals surface area contributed by atoms with Crippen LogP contribution in [-0.4, -0.2) is 25.1 Å². The van der Waals surface area contributed by atoms with E-state index in [9.17, 15) is 0 Å². The van der Waals surface area contributed by atoms with Crippen molar-refractivity contribution in [3.63, 3.8) is 0 Å². The van der Waals surface area contributed by atoms with Gasteiger partial charge in [0, 0.05) is 23.6 Å². The Morgan fingerprint density at radius 3 is 2.44 bits per heavy atom. The van der Waals surface area contributed by atoms with Gasteiger partial charge in [0.15, 0.2) is 5.82 Å². The van der Waals surface area contributed by atoms with E-state index in [1.807, 2.05) is 66.7 Å². The van der Waals surface area contributed by atoms with Gasteiger partial charge in [0.1, 0.15) is 5.75 Å². The van der Waals surface area contributed by atoms with Crippen molar-refractivity contribution >= 4 is 17.5 Å². The molecule has 5 aromatic rings. The fourth-order valence-corrected chi connectivity index (χ4v) is 3.79. The van der Waals surface area contributed by atoms with Crippen LogP contribution in [0, 0.1) is 0 Å². The second-order valence-electron chi connectivity index (χ2n) is 8.13. The first-order valence-corrected chi connectivity index (χ1v) is 11.7. The molecule has 0 amide bonds. The van der Waals surface area contributed by atoms with Crippen molar-refractivity contribution < 1.29 is 4.74 Å². The zero-order chi connectivity index (χ0) is 24.7. The number of aromatic nitrogens is 5. The van der Waals surface area contributed by atoms with Crippen LogP contribution in [0.15, 0.2) is 91.3 Å². The minimum absolute atomic E-state index is 0.195. The molecule has 0 bridgehead atoms. The predicted octanol–water partition coefficient (Wildman–Crippen LogP) is 6.07. The van der Waals surface area contributed by atoms with Crippen molar-refractivity contribution in [1.82, 2.24) is 25.1 Å². The first-order chi connectivity index (χ1) is 17.7. The largest absolute Gasteiger partial charge is 0.438 e. The van der Waals surface area contributed by atoms with Gasteiger partial charge in [-0.15, -0.1) is 10.2 Å². The van der Waals surface area contributed by atoms with Gasteiger partial charge >= 0.3 is 0 Å². The van der Waals surface area contributed by atoms with Crippen LogP contribution >= 0.6 is 0 Å². The second-order valence-corrected chi connectivity index (χ2v) is 8.13. The van der Waals surface area contributed by atoms with Gasteiger partial charge in [0.05, 0.1) is 17.0 Å². The molecule has 0 saturated heterocycles. The summed E-state index contributed by atoms with van der Waals surface area (Å²) in [5.74, 6) is 2.02. The third-order valence-corrected chi connectivity index (χ3v) is 5.51. The quantitative estimate of drug-likeness (QED) is 0.278. The Labute approximate surface area is 209 Å². The maximum absolute atomic E-state index is 6.07. The molecule has 2 aromatic carbocycles. The van der Waals surface area contributed by atoms with Crippen molar-refractivity contribution in [3.05, 3.63) is 96.8 Å². The predicted molar refractivity (Wildman–Crippen MR) is 141 cm³/mol. The summed E-state index contributed by atoms with van der Waals surface area (Å²) < 4.78 is 6.07. The van der Waals surface area contributed by atoms with Crippen LogP contribution in [0.4, 0.5) is 17.5 Å². The maximum atomic E-state index is 6.07. The molecule has 178 valence electrons. The fourth-order valence-electron chi connectivity index (χ4n) is 3.79.